The van der Waals surface area contributed by atoms with Crippen molar-refractivity contribution in [2.45, 2.75) is 31.6 Å². The highest BCUT2D eigenvalue weighted by Crippen LogP contribution is 2.54. The van der Waals surface area contributed by atoms with Crippen LogP contribution in [0.25, 0.3) is 0 Å². The van der Waals surface area contributed by atoms with Crippen molar-refractivity contribution in [1.82, 2.24) is 5.32 Å². The Labute approximate surface area is 102 Å². The average molecular weight is 236 g/mol. The van der Waals surface area contributed by atoms with Gasteiger partial charge in [0.2, 0.25) is 0 Å². The molecule has 16 heavy (non-hydrogen) atoms. The normalized spacial score (nSPS) is 27.7. The van der Waals surface area contributed by atoms with Crippen LogP contribution in [0.1, 0.15) is 37.2 Å². The van der Waals surface area contributed by atoms with E-state index in [1.807, 2.05) is 6.07 Å². The highest BCUT2D eigenvalue weighted by Gasteiger charge is 2.45. The first kappa shape index (κ1) is 10.6. The molecular weight excluding hydrogens is 218 g/mol. The molecule has 2 heteroatoms. The van der Waals surface area contributed by atoms with Gasteiger partial charge in [0, 0.05) is 17.5 Å². The van der Waals surface area contributed by atoms with Crippen molar-refractivity contribution in [3.8, 4) is 0 Å². The highest BCUT2D eigenvalue weighted by molar-refractivity contribution is 6.30. The van der Waals surface area contributed by atoms with Gasteiger partial charge in [-0.2, -0.15) is 0 Å². The number of piperidine rings is 1. The monoisotopic (exact) mass is 235 g/mol. The fourth-order valence-corrected chi connectivity index (χ4v) is 3.60. The van der Waals surface area contributed by atoms with E-state index >= 15 is 0 Å². The Morgan fingerprint density at radius 2 is 2.12 bits per heavy atom. The minimum absolute atomic E-state index is 0.593. The van der Waals surface area contributed by atoms with E-state index in [4.69, 9.17) is 11.6 Å². The van der Waals surface area contributed by atoms with Gasteiger partial charge >= 0.3 is 0 Å². The van der Waals surface area contributed by atoms with Gasteiger partial charge in [-0.1, -0.05) is 30.2 Å². The third-order valence-electron chi connectivity index (χ3n) is 4.49. The molecule has 2 fully saturated rings. The van der Waals surface area contributed by atoms with Crippen molar-refractivity contribution in [3.63, 3.8) is 0 Å². The van der Waals surface area contributed by atoms with Crippen LogP contribution >= 0.6 is 11.6 Å². The van der Waals surface area contributed by atoms with Crippen LogP contribution in [0.5, 0.6) is 0 Å². The average Bonchev–Trinajstić information content (AvgIpc) is 2.27. The predicted octanol–water partition coefficient (Wildman–Crippen LogP) is 3.59. The molecule has 1 spiro atoms. The number of nitrogens with one attached hydrogen (secondary N) is 1. The number of rotatable bonds is 1. The lowest BCUT2D eigenvalue weighted by Crippen LogP contribution is -2.47. The molecule has 0 amide bonds. The van der Waals surface area contributed by atoms with Crippen LogP contribution in [-0.4, -0.2) is 13.1 Å². The molecule has 1 heterocycles. The number of benzene rings is 1. The predicted molar refractivity (Wildman–Crippen MR) is 68.0 cm³/mol. The molecule has 1 aliphatic carbocycles. The molecule has 0 radical (unpaired) electrons. The Hall–Kier alpha value is -0.530. The SMILES string of the molecule is Clc1cccc(C2CNCCC23CCC3)c1. The lowest BCUT2D eigenvalue weighted by Gasteiger charge is -2.51. The lowest BCUT2D eigenvalue weighted by atomic mass is 9.56. The number of hydrogen-bond donors (Lipinski definition) is 1. The van der Waals surface area contributed by atoms with Crippen LogP contribution in [-0.2, 0) is 0 Å². The molecule has 1 atom stereocenters. The third kappa shape index (κ3) is 1.66. The highest BCUT2D eigenvalue weighted by atomic mass is 35.5. The molecular formula is C14H18ClN. The fourth-order valence-electron chi connectivity index (χ4n) is 3.40. The summed E-state index contributed by atoms with van der Waals surface area (Å²) in [5.74, 6) is 0.675. The summed E-state index contributed by atoms with van der Waals surface area (Å²) in [4.78, 5) is 0. The smallest absolute Gasteiger partial charge is 0.0408 e. The van der Waals surface area contributed by atoms with E-state index in [0.29, 0.717) is 11.3 Å². The van der Waals surface area contributed by atoms with Crippen LogP contribution in [0.4, 0.5) is 0 Å². The first-order chi connectivity index (χ1) is 7.80. The van der Waals surface area contributed by atoms with Gasteiger partial charge in [-0.15, -0.1) is 0 Å². The first-order valence-corrected chi connectivity index (χ1v) is 6.64. The maximum absolute atomic E-state index is 6.10. The molecule has 3 rings (SSSR count). The van der Waals surface area contributed by atoms with Crippen molar-refractivity contribution in [2.75, 3.05) is 13.1 Å². The van der Waals surface area contributed by atoms with Crippen molar-refractivity contribution < 1.29 is 0 Å². The zero-order valence-electron chi connectivity index (χ0n) is 9.51. The molecule has 2 aliphatic rings. The quantitative estimate of drug-likeness (QED) is 0.785. The number of halogens is 1. The van der Waals surface area contributed by atoms with Gasteiger partial charge in [0.15, 0.2) is 0 Å². The van der Waals surface area contributed by atoms with E-state index < -0.39 is 0 Å². The molecule has 1 aromatic carbocycles. The molecule has 1 unspecified atom stereocenters. The van der Waals surface area contributed by atoms with Gasteiger partial charge in [0.1, 0.15) is 0 Å². The van der Waals surface area contributed by atoms with Crippen molar-refractivity contribution >= 4 is 11.6 Å². The molecule has 1 saturated heterocycles. The Kier molecular flexibility index (Phi) is 2.68. The molecule has 86 valence electrons. The fraction of sp³-hybridized carbons (Fsp3) is 0.571. The Balaban J connectivity index is 1.92. The van der Waals surface area contributed by atoms with Crippen molar-refractivity contribution in [1.29, 1.82) is 0 Å². The van der Waals surface area contributed by atoms with Gasteiger partial charge in [0.25, 0.3) is 0 Å². The summed E-state index contributed by atoms with van der Waals surface area (Å²) in [5.41, 5.74) is 2.02. The second kappa shape index (κ2) is 4.05. The topological polar surface area (TPSA) is 12.0 Å². The van der Waals surface area contributed by atoms with Gasteiger partial charge in [-0.25, -0.2) is 0 Å². The van der Waals surface area contributed by atoms with Gasteiger partial charge < -0.3 is 5.32 Å². The minimum Gasteiger partial charge on any atom is -0.316 e. The van der Waals surface area contributed by atoms with E-state index in [1.54, 1.807) is 0 Å². The van der Waals surface area contributed by atoms with E-state index in [2.05, 4.69) is 23.5 Å². The minimum atomic E-state index is 0.593. The second-order valence-corrected chi connectivity index (χ2v) is 5.71. The summed E-state index contributed by atoms with van der Waals surface area (Å²) < 4.78 is 0. The van der Waals surface area contributed by atoms with E-state index in [-0.39, 0.29) is 0 Å². The molecule has 1 aliphatic heterocycles. The largest absolute Gasteiger partial charge is 0.316 e. The summed E-state index contributed by atoms with van der Waals surface area (Å²) in [7, 11) is 0. The van der Waals surface area contributed by atoms with Crippen LogP contribution < -0.4 is 5.32 Å². The van der Waals surface area contributed by atoms with Crippen LogP contribution in [0, 0.1) is 5.41 Å². The molecule has 1 N–H and O–H groups in total. The lowest BCUT2D eigenvalue weighted by molar-refractivity contribution is 0.0581. The van der Waals surface area contributed by atoms with E-state index in [0.717, 1.165) is 11.6 Å². The standard InChI is InChI=1S/C14H18ClN/c15-12-4-1-3-11(9-12)13-10-16-8-7-14(13)5-2-6-14/h1,3-4,9,13,16H,2,5-8,10H2. The zero-order valence-corrected chi connectivity index (χ0v) is 10.3. The summed E-state index contributed by atoms with van der Waals surface area (Å²) in [6.07, 6.45) is 5.57. The summed E-state index contributed by atoms with van der Waals surface area (Å²) in [6, 6.07) is 8.44. The Morgan fingerprint density at radius 1 is 1.25 bits per heavy atom. The van der Waals surface area contributed by atoms with Crippen LogP contribution in [0.15, 0.2) is 24.3 Å². The van der Waals surface area contributed by atoms with E-state index in [1.165, 1.54) is 37.8 Å². The molecule has 0 aromatic heterocycles. The van der Waals surface area contributed by atoms with Gasteiger partial charge in [0.05, 0.1) is 0 Å². The maximum Gasteiger partial charge on any atom is 0.0408 e. The van der Waals surface area contributed by atoms with Crippen molar-refractivity contribution in [2.24, 2.45) is 5.41 Å². The molecule has 1 nitrogen and oxygen atoms in total. The van der Waals surface area contributed by atoms with E-state index in [9.17, 15) is 0 Å². The van der Waals surface area contributed by atoms with Gasteiger partial charge in [-0.3, -0.25) is 0 Å². The maximum atomic E-state index is 6.10. The molecule has 0 bridgehead atoms. The van der Waals surface area contributed by atoms with Crippen LogP contribution in [0.2, 0.25) is 5.02 Å². The zero-order chi connectivity index (χ0) is 11.0. The van der Waals surface area contributed by atoms with Gasteiger partial charge in [-0.05, 0) is 48.9 Å². The van der Waals surface area contributed by atoms with Crippen LogP contribution in [0.3, 0.4) is 0 Å². The Bertz CT molecular complexity index is 384. The summed E-state index contributed by atoms with van der Waals surface area (Å²) in [5, 5.41) is 4.41. The Morgan fingerprint density at radius 3 is 2.81 bits per heavy atom. The first-order valence-electron chi connectivity index (χ1n) is 6.26. The second-order valence-electron chi connectivity index (χ2n) is 5.28. The third-order valence-corrected chi connectivity index (χ3v) is 4.72. The summed E-state index contributed by atoms with van der Waals surface area (Å²) >= 11 is 6.10. The van der Waals surface area contributed by atoms with Crippen molar-refractivity contribution in [3.05, 3.63) is 34.9 Å². The number of hydrogen-bond acceptors (Lipinski definition) is 1. The molecule has 1 saturated carbocycles. The summed E-state index contributed by atoms with van der Waals surface area (Å²) in [6.45, 7) is 2.32. The molecule has 1 aromatic rings.